The number of amides is 2. The predicted octanol–water partition coefficient (Wildman–Crippen LogP) is 6.30. The van der Waals surface area contributed by atoms with Gasteiger partial charge in [0, 0.05) is 25.1 Å². The van der Waals surface area contributed by atoms with E-state index in [9.17, 15) is 18.0 Å². The van der Waals surface area contributed by atoms with Crippen LogP contribution in [0.5, 0.6) is 11.5 Å². The van der Waals surface area contributed by atoms with Crippen LogP contribution in [0.2, 0.25) is 0 Å². The number of sulfonamides is 1. The van der Waals surface area contributed by atoms with Crippen LogP contribution in [-0.4, -0.2) is 58.0 Å². The molecule has 1 fully saturated rings. The van der Waals surface area contributed by atoms with Gasteiger partial charge in [-0.2, -0.15) is 0 Å². The van der Waals surface area contributed by atoms with Crippen molar-refractivity contribution < 1.29 is 27.5 Å². The minimum absolute atomic E-state index is 0.0297. The summed E-state index contributed by atoms with van der Waals surface area (Å²) in [7, 11) is -1.39. The maximum absolute atomic E-state index is 14.7. The van der Waals surface area contributed by atoms with Crippen LogP contribution in [0.4, 0.5) is 5.69 Å². The van der Waals surface area contributed by atoms with Crippen LogP contribution in [-0.2, 0) is 32.6 Å². The van der Waals surface area contributed by atoms with E-state index in [0.717, 1.165) is 53.1 Å². The summed E-state index contributed by atoms with van der Waals surface area (Å²) in [5.74, 6) is -0.134. The second kappa shape index (κ2) is 16.5. The van der Waals surface area contributed by atoms with E-state index >= 15 is 0 Å². The van der Waals surface area contributed by atoms with E-state index in [1.54, 1.807) is 30.3 Å². The van der Waals surface area contributed by atoms with Crippen molar-refractivity contribution in [3.63, 3.8) is 0 Å². The van der Waals surface area contributed by atoms with E-state index in [4.69, 9.17) is 9.47 Å². The first-order valence-electron chi connectivity index (χ1n) is 16.7. The highest BCUT2D eigenvalue weighted by Crippen LogP contribution is 2.32. The molecule has 4 aromatic rings. The van der Waals surface area contributed by atoms with E-state index in [1.807, 2.05) is 61.5 Å². The molecule has 1 saturated carbocycles. The molecule has 4 aromatic carbocycles. The van der Waals surface area contributed by atoms with Crippen molar-refractivity contribution in [2.24, 2.45) is 0 Å². The SMILES string of the molecule is COc1ccc(S(=O)(=O)N(CC(=O)N(Cc2ccc(C)cc2)[C@H](Cc2ccccc2)C(=O)NC2CCCCC2)c2ccccc2)cc1OC. The zero-order valence-corrected chi connectivity index (χ0v) is 29.2. The molecule has 2 amide bonds. The van der Waals surface area contributed by atoms with Crippen LogP contribution in [0.3, 0.4) is 0 Å². The summed E-state index contributed by atoms with van der Waals surface area (Å²) in [5, 5.41) is 3.24. The Morgan fingerprint density at radius 3 is 2.06 bits per heavy atom. The third kappa shape index (κ3) is 9.00. The lowest BCUT2D eigenvalue weighted by Gasteiger charge is -2.35. The molecule has 1 atom stereocenters. The smallest absolute Gasteiger partial charge is 0.264 e. The van der Waals surface area contributed by atoms with Crippen molar-refractivity contribution >= 4 is 27.5 Å². The fourth-order valence-corrected chi connectivity index (χ4v) is 7.65. The molecule has 0 heterocycles. The molecule has 10 heteroatoms. The van der Waals surface area contributed by atoms with E-state index in [2.05, 4.69) is 5.32 Å². The monoisotopic (exact) mass is 683 g/mol. The molecule has 1 N–H and O–H groups in total. The Balaban J connectivity index is 1.56. The molecule has 9 nitrogen and oxygen atoms in total. The largest absolute Gasteiger partial charge is 0.493 e. The summed E-state index contributed by atoms with van der Waals surface area (Å²) in [6.45, 7) is 1.57. The minimum atomic E-state index is -4.30. The molecule has 0 aliphatic heterocycles. The van der Waals surface area contributed by atoms with Gasteiger partial charge in [-0.1, -0.05) is 97.6 Å². The van der Waals surface area contributed by atoms with Gasteiger partial charge in [-0.05, 0) is 55.2 Å². The van der Waals surface area contributed by atoms with Crippen LogP contribution >= 0.6 is 0 Å². The molecule has 0 aromatic heterocycles. The van der Waals surface area contributed by atoms with Crippen molar-refractivity contribution in [2.75, 3.05) is 25.1 Å². The van der Waals surface area contributed by atoms with Crippen molar-refractivity contribution in [2.45, 2.75) is 69.0 Å². The fraction of sp³-hybridized carbons (Fsp3) is 0.333. The number of carbonyl (C=O) groups excluding carboxylic acids is 2. The summed E-state index contributed by atoms with van der Waals surface area (Å²) in [4.78, 5) is 30.4. The molecule has 258 valence electrons. The van der Waals surface area contributed by atoms with Gasteiger partial charge in [0.05, 0.1) is 24.8 Å². The average molecular weight is 684 g/mol. The summed E-state index contributed by atoms with van der Waals surface area (Å²) in [5.41, 5.74) is 3.10. The topological polar surface area (TPSA) is 105 Å². The minimum Gasteiger partial charge on any atom is -0.493 e. The number of benzene rings is 4. The maximum atomic E-state index is 14.7. The van der Waals surface area contributed by atoms with E-state index in [0.29, 0.717) is 11.4 Å². The quantitative estimate of drug-likeness (QED) is 0.167. The van der Waals surface area contributed by atoms with Crippen LogP contribution in [0.1, 0.15) is 48.8 Å². The van der Waals surface area contributed by atoms with Crippen molar-refractivity contribution in [3.05, 3.63) is 120 Å². The maximum Gasteiger partial charge on any atom is 0.264 e. The number of aryl methyl sites for hydroxylation is 1. The van der Waals surface area contributed by atoms with Crippen molar-refractivity contribution in [1.29, 1.82) is 0 Å². The lowest BCUT2D eigenvalue weighted by atomic mass is 9.94. The molecule has 0 saturated heterocycles. The third-order valence-electron chi connectivity index (χ3n) is 8.96. The van der Waals surface area contributed by atoms with Crippen LogP contribution < -0.4 is 19.1 Å². The van der Waals surface area contributed by atoms with E-state index < -0.39 is 28.5 Å². The van der Waals surface area contributed by atoms with Gasteiger partial charge in [-0.25, -0.2) is 8.42 Å². The summed E-state index contributed by atoms with van der Waals surface area (Å²) < 4.78 is 40.6. The Labute approximate surface area is 289 Å². The highest BCUT2D eigenvalue weighted by atomic mass is 32.2. The standard InChI is InChI=1S/C39H45N3O6S/c1-29-19-21-31(22-20-29)27-41(35(25-30-13-7-4-8-14-30)39(44)40-32-15-9-5-10-16-32)38(43)28-42(33-17-11-6-12-18-33)49(45,46)34-23-24-36(47-2)37(26-34)48-3/h4,6-8,11-14,17-24,26,32,35H,5,9-10,15-16,25,27-28H2,1-3H3,(H,40,44)/t35-/m1/s1. The van der Waals surface area contributed by atoms with Gasteiger partial charge in [0.2, 0.25) is 11.8 Å². The molecule has 0 spiro atoms. The lowest BCUT2D eigenvalue weighted by Crippen LogP contribution is -2.55. The van der Waals surface area contributed by atoms with E-state index in [-0.39, 0.29) is 35.6 Å². The zero-order valence-electron chi connectivity index (χ0n) is 28.4. The number of anilines is 1. The number of carbonyl (C=O) groups is 2. The molecule has 49 heavy (non-hydrogen) atoms. The highest BCUT2D eigenvalue weighted by molar-refractivity contribution is 7.92. The summed E-state index contributed by atoms with van der Waals surface area (Å²) >= 11 is 0. The first-order valence-corrected chi connectivity index (χ1v) is 18.1. The Kier molecular flexibility index (Phi) is 12.0. The molecule has 0 unspecified atom stereocenters. The number of nitrogens with zero attached hydrogens (tertiary/aromatic N) is 2. The molecular weight excluding hydrogens is 639 g/mol. The van der Waals surface area contributed by atoms with Gasteiger partial charge < -0.3 is 19.7 Å². The molecule has 5 rings (SSSR count). The number of nitrogens with one attached hydrogen (secondary N) is 1. The van der Waals surface area contributed by atoms with Crippen LogP contribution in [0.15, 0.2) is 108 Å². The van der Waals surface area contributed by atoms with Gasteiger partial charge in [0.15, 0.2) is 11.5 Å². The first-order chi connectivity index (χ1) is 23.7. The van der Waals surface area contributed by atoms with E-state index in [1.165, 1.54) is 37.3 Å². The number of hydrogen-bond donors (Lipinski definition) is 1. The molecule has 1 aliphatic carbocycles. The number of ether oxygens (including phenoxy) is 2. The highest BCUT2D eigenvalue weighted by Gasteiger charge is 2.35. The summed E-state index contributed by atoms with van der Waals surface area (Å²) in [6, 6.07) is 29.4. The Morgan fingerprint density at radius 2 is 1.43 bits per heavy atom. The number of para-hydroxylation sites is 1. The van der Waals surface area contributed by atoms with Gasteiger partial charge in [-0.3, -0.25) is 13.9 Å². The second-order valence-electron chi connectivity index (χ2n) is 12.4. The lowest BCUT2D eigenvalue weighted by molar-refractivity contribution is -0.140. The van der Waals surface area contributed by atoms with Crippen LogP contribution in [0, 0.1) is 6.92 Å². The van der Waals surface area contributed by atoms with Crippen LogP contribution in [0.25, 0.3) is 0 Å². The first kappa shape index (κ1) is 35.5. The molecule has 0 bridgehead atoms. The van der Waals surface area contributed by atoms with Gasteiger partial charge >= 0.3 is 0 Å². The second-order valence-corrected chi connectivity index (χ2v) is 14.3. The predicted molar refractivity (Wildman–Crippen MR) is 191 cm³/mol. The van der Waals surface area contributed by atoms with Crippen molar-refractivity contribution in [1.82, 2.24) is 10.2 Å². The number of hydrogen-bond acceptors (Lipinski definition) is 6. The van der Waals surface area contributed by atoms with Gasteiger partial charge in [-0.15, -0.1) is 0 Å². The van der Waals surface area contributed by atoms with Gasteiger partial charge in [0.25, 0.3) is 10.0 Å². The third-order valence-corrected chi connectivity index (χ3v) is 10.7. The summed E-state index contributed by atoms with van der Waals surface area (Å²) in [6.07, 6.45) is 5.27. The number of methoxy groups -OCH3 is 2. The number of rotatable bonds is 14. The Bertz CT molecular complexity index is 1790. The zero-order chi connectivity index (χ0) is 34.8. The molecule has 1 aliphatic rings. The average Bonchev–Trinajstić information content (AvgIpc) is 3.13. The molecular formula is C39H45N3O6S. The van der Waals surface area contributed by atoms with Gasteiger partial charge in [0.1, 0.15) is 12.6 Å². The Hall–Kier alpha value is -4.83. The normalized spacial score (nSPS) is 14.0. The Morgan fingerprint density at radius 1 is 0.796 bits per heavy atom. The fourth-order valence-electron chi connectivity index (χ4n) is 6.22. The van der Waals surface area contributed by atoms with Crippen molar-refractivity contribution in [3.8, 4) is 11.5 Å². The molecule has 0 radical (unpaired) electrons.